The second-order valence-electron chi connectivity index (χ2n) is 3.16. The third kappa shape index (κ3) is 4.81. The number of esters is 1. The highest BCUT2D eigenvalue weighted by molar-refractivity contribution is 5.79. The van der Waals surface area contributed by atoms with Crippen LogP contribution in [-0.2, 0) is 14.3 Å². The van der Waals surface area contributed by atoms with Crippen LogP contribution in [0.3, 0.4) is 0 Å². The van der Waals surface area contributed by atoms with Crippen LogP contribution in [0.5, 0.6) is 0 Å². The van der Waals surface area contributed by atoms with Crippen LogP contribution in [0.1, 0.15) is 6.92 Å². The molecule has 0 bridgehead atoms. The maximum atomic E-state index is 11.4. The monoisotopic (exact) mass is 202 g/mol. The van der Waals surface area contributed by atoms with Gasteiger partial charge in [0, 0.05) is 13.6 Å². The molecule has 5 nitrogen and oxygen atoms in total. The van der Waals surface area contributed by atoms with Gasteiger partial charge < -0.3 is 9.64 Å². The Morgan fingerprint density at radius 3 is 2.21 bits per heavy atom. The van der Waals surface area contributed by atoms with Gasteiger partial charge in [0.2, 0.25) is 5.91 Å². The Balaban J connectivity index is 3.88. The minimum Gasteiger partial charge on any atom is -0.468 e. The zero-order chi connectivity index (χ0) is 11.1. The molecule has 0 aromatic rings. The Kier molecular flexibility index (Phi) is 5.87. The van der Waals surface area contributed by atoms with Crippen molar-refractivity contribution in [3.8, 4) is 0 Å². The zero-order valence-electron chi connectivity index (χ0n) is 9.24. The number of methoxy groups -OCH3 is 1. The largest absolute Gasteiger partial charge is 0.468 e. The second kappa shape index (κ2) is 6.37. The van der Waals surface area contributed by atoms with Gasteiger partial charge in [0.15, 0.2) is 0 Å². The van der Waals surface area contributed by atoms with E-state index >= 15 is 0 Å². The number of amides is 1. The third-order valence-corrected chi connectivity index (χ3v) is 1.93. The summed E-state index contributed by atoms with van der Waals surface area (Å²) in [6.07, 6.45) is 0. The number of carbonyl (C=O) groups is 2. The quantitative estimate of drug-likeness (QED) is 0.568. The topological polar surface area (TPSA) is 49.9 Å². The summed E-state index contributed by atoms with van der Waals surface area (Å²) in [6.45, 7) is 2.95. The summed E-state index contributed by atoms with van der Waals surface area (Å²) in [5, 5.41) is 0. The molecule has 0 aliphatic rings. The SMILES string of the molecule is CCN(C)C(=O)CN(C)CC(=O)OC. The molecule has 0 saturated heterocycles. The van der Waals surface area contributed by atoms with Crippen LogP contribution in [-0.4, -0.2) is 62.5 Å². The number of likely N-dealkylation sites (N-methyl/N-ethyl adjacent to an activating group) is 2. The minimum absolute atomic E-state index is 0.00102. The van der Waals surface area contributed by atoms with Crippen LogP contribution < -0.4 is 0 Å². The molecule has 14 heavy (non-hydrogen) atoms. The predicted octanol–water partition coefficient (Wildman–Crippen LogP) is -0.430. The van der Waals surface area contributed by atoms with Gasteiger partial charge in [-0.25, -0.2) is 0 Å². The Hall–Kier alpha value is -1.10. The highest BCUT2D eigenvalue weighted by Gasteiger charge is 2.12. The molecule has 0 unspecified atom stereocenters. The van der Waals surface area contributed by atoms with E-state index in [0.717, 1.165) is 0 Å². The van der Waals surface area contributed by atoms with Gasteiger partial charge in [0.25, 0.3) is 0 Å². The lowest BCUT2D eigenvalue weighted by Gasteiger charge is -2.19. The molecule has 0 aromatic heterocycles. The molecule has 82 valence electrons. The van der Waals surface area contributed by atoms with E-state index in [1.807, 2.05) is 6.92 Å². The van der Waals surface area contributed by atoms with Gasteiger partial charge in [-0.05, 0) is 14.0 Å². The van der Waals surface area contributed by atoms with E-state index in [-0.39, 0.29) is 25.0 Å². The lowest BCUT2D eigenvalue weighted by Crippen LogP contribution is -2.38. The van der Waals surface area contributed by atoms with E-state index < -0.39 is 0 Å². The van der Waals surface area contributed by atoms with Gasteiger partial charge in [0.05, 0.1) is 20.2 Å². The first-order valence-electron chi connectivity index (χ1n) is 4.50. The van der Waals surface area contributed by atoms with E-state index in [1.54, 1.807) is 23.9 Å². The van der Waals surface area contributed by atoms with E-state index in [2.05, 4.69) is 4.74 Å². The van der Waals surface area contributed by atoms with Crippen LogP contribution >= 0.6 is 0 Å². The summed E-state index contributed by atoms with van der Waals surface area (Å²) in [7, 11) is 4.77. The van der Waals surface area contributed by atoms with Crippen molar-refractivity contribution in [3.05, 3.63) is 0 Å². The molecule has 1 amide bonds. The van der Waals surface area contributed by atoms with Crippen molar-refractivity contribution < 1.29 is 14.3 Å². The highest BCUT2D eigenvalue weighted by Crippen LogP contribution is 1.89. The second-order valence-corrected chi connectivity index (χ2v) is 3.16. The van der Waals surface area contributed by atoms with Crippen molar-refractivity contribution in [2.24, 2.45) is 0 Å². The first-order chi connectivity index (χ1) is 6.51. The van der Waals surface area contributed by atoms with Crippen molar-refractivity contribution in [1.82, 2.24) is 9.80 Å². The van der Waals surface area contributed by atoms with Crippen molar-refractivity contribution in [1.29, 1.82) is 0 Å². The first-order valence-corrected chi connectivity index (χ1v) is 4.50. The number of rotatable bonds is 5. The third-order valence-electron chi connectivity index (χ3n) is 1.93. The smallest absolute Gasteiger partial charge is 0.319 e. The van der Waals surface area contributed by atoms with E-state index in [1.165, 1.54) is 7.11 Å². The summed E-state index contributed by atoms with van der Waals surface area (Å²) in [5.41, 5.74) is 0. The standard InChI is InChI=1S/C9H18N2O3/c1-5-11(3)8(12)6-10(2)7-9(13)14-4/h5-7H2,1-4H3. The summed E-state index contributed by atoms with van der Waals surface area (Å²) >= 11 is 0. The maximum Gasteiger partial charge on any atom is 0.319 e. The molecular formula is C9H18N2O3. The van der Waals surface area contributed by atoms with Gasteiger partial charge in [-0.3, -0.25) is 14.5 Å². The molecule has 0 spiro atoms. The van der Waals surface area contributed by atoms with Gasteiger partial charge in [0.1, 0.15) is 0 Å². The van der Waals surface area contributed by atoms with Crippen molar-refractivity contribution in [2.45, 2.75) is 6.92 Å². The summed E-state index contributed by atoms with van der Waals surface area (Å²) < 4.78 is 4.48. The Labute approximate surface area is 84.6 Å². The molecule has 0 aromatic carbocycles. The molecule has 0 N–H and O–H groups in total. The van der Waals surface area contributed by atoms with E-state index in [4.69, 9.17) is 0 Å². The van der Waals surface area contributed by atoms with Gasteiger partial charge in [-0.2, -0.15) is 0 Å². The highest BCUT2D eigenvalue weighted by atomic mass is 16.5. The molecule has 0 radical (unpaired) electrons. The van der Waals surface area contributed by atoms with E-state index in [9.17, 15) is 9.59 Å². The predicted molar refractivity (Wildman–Crippen MR) is 52.8 cm³/mol. The molecule has 0 rings (SSSR count). The molecule has 0 heterocycles. The summed E-state index contributed by atoms with van der Waals surface area (Å²) in [6, 6.07) is 0. The van der Waals surface area contributed by atoms with Gasteiger partial charge >= 0.3 is 5.97 Å². The Bertz CT molecular complexity index is 206. The molecule has 0 aliphatic heterocycles. The lowest BCUT2D eigenvalue weighted by molar-refractivity contribution is -0.142. The zero-order valence-corrected chi connectivity index (χ0v) is 9.24. The van der Waals surface area contributed by atoms with Crippen LogP contribution in [0, 0.1) is 0 Å². The van der Waals surface area contributed by atoms with Crippen molar-refractivity contribution in [2.75, 3.05) is 40.8 Å². The number of ether oxygens (including phenoxy) is 1. The normalized spacial score (nSPS) is 10.1. The van der Waals surface area contributed by atoms with Crippen molar-refractivity contribution in [3.63, 3.8) is 0 Å². The molecule has 5 heteroatoms. The van der Waals surface area contributed by atoms with E-state index in [0.29, 0.717) is 6.54 Å². The minimum atomic E-state index is -0.334. The number of carbonyl (C=O) groups excluding carboxylic acids is 2. The number of hydrogen-bond donors (Lipinski definition) is 0. The number of hydrogen-bond acceptors (Lipinski definition) is 4. The lowest BCUT2D eigenvalue weighted by atomic mass is 10.4. The molecular weight excluding hydrogens is 184 g/mol. The summed E-state index contributed by atoms with van der Waals surface area (Å²) in [4.78, 5) is 25.5. The van der Waals surface area contributed by atoms with Gasteiger partial charge in [-0.15, -0.1) is 0 Å². The Morgan fingerprint density at radius 2 is 1.79 bits per heavy atom. The van der Waals surface area contributed by atoms with Crippen LogP contribution in [0.2, 0.25) is 0 Å². The summed E-state index contributed by atoms with van der Waals surface area (Å²) in [5.74, 6) is -0.335. The van der Waals surface area contributed by atoms with Crippen LogP contribution in [0.4, 0.5) is 0 Å². The molecule has 0 atom stereocenters. The van der Waals surface area contributed by atoms with Crippen LogP contribution in [0.25, 0.3) is 0 Å². The van der Waals surface area contributed by atoms with Crippen molar-refractivity contribution >= 4 is 11.9 Å². The molecule has 0 saturated carbocycles. The fourth-order valence-corrected chi connectivity index (χ4v) is 0.869. The fourth-order valence-electron chi connectivity index (χ4n) is 0.869. The number of nitrogens with zero attached hydrogens (tertiary/aromatic N) is 2. The van der Waals surface area contributed by atoms with Crippen LogP contribution in [0.15, 0.2) is 0 Å². The fraction of sp³-hybridized carbons (Fsp3) is 0.778. The molecule has 0 aliphatic carbocycles. The Morgan fingerprint density at radius 1 is 1.21 bits per heavy atom. The first kappa shape index (κ1) is 12.9. The maximum absolute atomic E-state index is 11.4. The average Bonchev–Trinajstić information content (AvgIpc) is 2.15. The van der Waals surface area contributed by atoms with Gasteiger partial charge in [-0.1, -0.05) is 0 Å². The average molecular weight is 202 g/mol. The molecule has 0 fully saturated rings.